The highest BCUT2D eigenvalue weighted by Gasteiger charge is 2.23. The van der Waals surface area contributed by atoms with Gasteiger partial charge in [0.25, 0.3) is 5.91 Å². The quantitative estimate of drug-likeness (QED) is 0.497. The van der Waals surface area contributed by atoms with E-state index >= 15 is 0 Å². The van der Waals surface area contributed by atoms with E-state index in [1.165, 1.54) is 0 Å². The molecule has 2 aromatic rings. The minimum atomic E-state index is -0.446. The molecule has 0 unspecified atom stereocenters. The number of carbonyl (C=O) groups is 2. The second-order valence-electron chi connectivity index (χ2n) is 7.81. The number of nitrogens with one attached hydrogen (secondary N) is 1. The fourth-order valence-electron chi connectivity index (χ4n) is 3.89. The Kier molecular flexibility index (Phi) is 9.58. The Morgan fingerprint density at radius 3 is 2.32 bits per heavy atom. The molecule has 0 spiro atoms. The first-order chi connectivity index (χ1) is 16.6. The number of carbonyl (C=O) groups excluding carboxylic acids is 2. The van der Waals surface area contributed by atoms with Gasteiger partial charge in [0.15, 0.2) is 6.61 Å². The van der Waals surface area contributed by atoms with Gasteiger partial charge in [-0.25, -0.2) is 0 Å². The maximum absolute atomic E-state index is 12.7. The van der Waals surface area contributed by atoms with Crippen LogP contribution in [0.3, 0.4) is 0 Å². The average molecular weight is 471 g/mol. The van der Waals surface area contributed by atoms with Crippen molar-refractivity contribution in [2.45, 2.75) is 33.1 Å². The minimum Gasteiger partial charge on any atom is -0.492 e. The Morgan fingerprint density at radius 2 is 1.68 bits per heavy atom. The van der Waals surface area contributed by atoms with Crippen molar-refractivity contribution in [3.05, 3.63) is 48.0 Å². The molecule has 184 valence electrons. The van der Waals surface area contributed by atoms with Gasteiger partial charge in [-0.05, 0) is 25.8 Å². The third-order valence-electron chi connectivity index (χ3n) is 5.53. The zero-order valence-corrected chi connectivity index (χ0v) is 20.2. The molecular formula is C26H34N2O6. The first-order valence-electron chi connectivity index (χ1n) is 11.8. The van der Waals surface area contributed by atoms with Crippen molar-refractivity contribution < 1.29 is 28.5 Å². The number of anilines is 2. The summed E-state index contributed by atoms with van der Waals surface area (Å²) >= 11 is 0. The first-order valence-corrected chi connectivity index (χ1v) is 11.8. The van der Waals surface area contributed by atoms with Gasteiger partial charge in [0.1, 0.15) is 11.5 Å². The van der Waals surface area contributed by atoms with Crippen LogP contribution in [0, 0.1) is 0 Å². The van der Waals surface area contributed by atoms with Crippen LogP contribution in [0.25, 0.3) is 0 Å². The summed E-state index contributed by atoms with van der Waals surface area (Å²) in [6.07, 6.45) is 0.583. The Balaban J connectivity index is 1.72. The lowest BCUT2D eigenvalue weighted by Crippen LogP contribution is -2.36. The van der Waals surface area contributed by atoms with Crippen molar-refractivity contribution >= 4 is 23.3 Å². The number of nitrogens with zero attached hydrogens (tertiary/aromatic N) is 1. The number of esters is 1. The molecule has 1 N–H and O–H groups in total. The molecule has 1 heterocycles. The molecular weight excluding hydrogens is 436 g/mol. The van der Waals surface area contributed by atoms with Gasteiger partial charge in [-0.3, -0.25) is 9.59 Å². The lowest BCUT2D eigenvalue weighted by Gasteiger charge is -2.31. The molecule has 1 fully saturated rings. The molecule has 1 aliphatic heterocycles. The molecule has 1 saturated heterocycles. The second kappa shape index (κ2) is 12.8. The molecule has 3 rings (SSSR count). The summed E-state index contributed by atoms with van der Waals surface area (Å²) in [6, 6.07) is 13.1. The Morgan fingerprint density at radius 1 is 1.00 bits per heavy atom. The lowest BCUT2D eigenvalue weighted by molar-refractivity contribution is -0.149. The summed E-state index contributed by atoms with van der Waals surface area (Å²) in [5.74, 6) is -0.103. The van der Waals surface area contributed by atoms with Crippen molar-refractivity contribution in [2.75, 3.05) is 56.3 Å². The van der Waals surface area contributed by atoms with E-state index < -0.39 is 17.8 Å². The highest BCUT2D eigenvalue weighted by molar-refractivity contribution is 5.95. The van der Waals surface area contributed by atoms with E-state index in [4.69, 9.17) is 18.9 Å². The van der Waals surface area contributed by atoms with Crippen LogP contribution in [-0.2, 0) is 19.1 Å². The third kappa shape index (κ3) is 6.63. The topological polar surface area (TPSA) is 86.3 Å². The van der Waals surface area contributed by atoms with Crippen LogP contribution in [0.15, 0.2) is 42.5 Å². The number of amides is 1. The Hall–Kier alpha value is -3.26. The standard InChI is InChI=1S/C26H34N2O6/c1-4-20(19-10-8-7-9-11-19)26(30)34-18-25(29)27-21-16-24(33-6-3)22(17-23(21)32-5-2)28-12-14-31-15-13-28/h7-11,16-17,20H,4-6,12-15,18H2,1-3H3,(H,27,29)/t20-/m0/s1. The van der Waals surface area contributed by atoms with E-state index in [2.05, 4.69) is 10.2 Å². The Bertz CT molecular complexity index is 944. The number of morpholine rings is 1. The molecule has 8 heteroatoms. The molecule has 1 aliphatic rings. The van der Waals surface area contributed by atoms with Crippen molar-refractivity contribution in [2.24, 2.45) is 0 Å². The highest BCUT2D eigenvalue weighted by Crippen LogP contribution is 2.39. The minimum absolute atomic E-state index is 0.386. The molecule has 0 aromatic heterocycles. The summed E-state index contributed by atoms with van der Waals surface area (Å²) in [6.45, 7) is 9.00. The smallest absolute Gasteiger partial charge is 0.313 e. The maximum atomic E-state index is 12.7. The molecule has 0 radical (unpaired) electrons. The van der Waals surface area contributed by atoms with Gasteiger partial charge in [0.2, 0.25) is 0 Å². The van der Waals surface area contributed by atoms with Gasteiger partial charge in [0.05, 0.1) is 43.7 Å². The molecule has 8 nitrogen and oxygen atoms in total. The summed E-state index contributed by atoms with van der Waals surface area (Å²) < 4.78 is 22.5. The molecule has 0 saturated carbocycles. The van der Waals surface area contributed by atoms with Crippen LogP contribution in [0.1, 0.15) is 38.7 Å². The average Bonchev–Trinajstić information content (AvgIpc) is 2.86. The van der Waals surface area contributed by atoms with Crippen LogP contribution < -0.4 is 19.7 Å². The van der Waals surface area contributed by atoms with Gasteiger partial charge in [0, 0.05) is 25.2 Å². The zero-order valence-electron chi connectivity index (χ0n) is 20.2. The lowest BCUT2D eigenvalue weighted by atomic mass is 9.97. The number of hydrogen-bond acceptors (Lipinski definition) is 7. The van der Waals surface area contributed by atoms with E-state index in [0.29, 0.717) is 50.0 Å². The molecule has 2 aromatic carbocycles. The van der Waals surface area contributed by atoms with E-state index in [1.807, 2.05) is 57.2 Å². The SMILES string of the molecule is CCOc1cc(N2CCOCC2)c(OCC)cc1NC(=O)COC(=O)[C@@H](CC)c1ccccc1. The van der Waals surface area contributed by atoms with Crippen molar-refractivity contribution in [1.82, 2.24) is 0 Å². The summed E-state index contributed by atoms with van der Waals surface area (Å²) in [5.41, 5.74) is 2.24. The molecule has 1 amide bonds. The van der Waals surface area contributed by atoms with Crippen LogP contribution in [-0.4, -0.2) is 58.0 Å². The van der Waals surface area contributed by atoms with Crippen molar-refractivity contribution in [3.8, 4) is 11.5 Å². The van der Waals surface area contributed by atoms with Crippen LogP contribution >= 0.6 is 0 Å². The van der Waals surface area contributed by atoms with Crippen molar-refractivity contribution in [1.29, 1.82) is 0 Å². The number of hydrogen-bond donors (Lipinski definition) is 1. The van der Waals surface area contributed by atoms with E-state index in [-0.39, 0.29) is 6.61 Å². The number of ether oxygens (including phenoxy) is 4. The summed E-state index contributed by atoms with van der Waals surface area (Å²) in [4.78, 5) is 27.4. The normalized spacial score (nSPS) is 14.3. The maximum Gasteiger partial charge on any atom is 0.313 e. The first kappa shape index (κ1) is 25.4. The third-order valence-corrected chi connectivity index (χ3v) is 5.53. The van der Waals surface area contributed by atoms with E-state index in [1.54, 1.807) is 6.07 Å². The van der Waals surface area contributed by atoms with Crippen LogP contribution in [0.4, 0.5) is 11.4 Å². The highest BCUT2D eigenvalue weighted by atomic mass is 16.5. The van der Waals surface area contributed by atoms with Gasteiger partial charge >= 0.3 is 5.97 Å². The molecule has 0 bridgehead atoms. The number of benzene rings is 2. The Labute approximate surface area is 201 Å². The molecule has 1 atom stereocenters. The largest absolute Gasteiger partial charge is 0.492 e. The van der Waals surface area contributed by atoms with E-state index in [0.717, 1.165) is 24.3 Å². The van der Waals surface area contributed by atoms with Crippen molar-refractivity contribution in [3.63, 3.8) is 0 Å². The molecule has 0 aliphatic carbocycles. The molecule has 34 heavy (non-hydrogen) atoms. The van der Waals surface area contributed by atoms with Gasteiger partial charge in [-0.2, -0.15) is 0 Å². The summed E-state index contributed by atoms with van der Waals surface area (Å²) in [5, 5.41) is 2.81. The predicted octanol–water partition coefficient (Wildman–Crippen LogP) is 4.00. The monoisotopic (exact) mass is 470 g/mol. The van der Waals surface area contributed by atoms with Crippen LogP contribution in [0.5, 0.6) is 11.5 Å². The van der Waals surface area contributed by atoms with Gasteiger partial charge < -0.3 is 29.2 Å². The van der Waals surface area contributed by atoms with Crippen LogP contribution in [0.2, 0.25) is 0 Å². The van der Waals surface area contributed by atoms with E-state index in [9.17, 15) is 9.59 Å². The predicted molar refractivity (Wildman–Crippen MR) is 131 cm³/mol. The number of rotatable bonds is 11. The fraction of sp³-hybridized carbons (Fsp3) is 0.462. The fourth-order valence-corrected chi connectivity index (χ4v) is 3.89. The second-order valence-corrected chi connectivity index (χ2v) is 7.81. The van der Waals surface area contributed by atoms with Gasteiger partial charge in [-0.15, -0.1) is 0 Å². The zero-order chi connectivity index (χ0) is 24.3. The summed E-state index contributed by atoms with van der Waals surface area (Å²) in [7, 11) is 0. The van der Waals surface area contributed by atoms with Gasteiger partial charge in [-0.1, -0.05) is 37.3 Å².